The molecule has 1 saturated carbocycles. The van der Waals surface area contributed by atoms with Gasteiger partial charge in [0.2, 0.25) is 15.9 Å². The number of Topliss-reactive ketones (excluding diaryl/α,β-unsaturated/α-hetero) is 1. The average Bonchev–Trinajstić information content (AvgIpc) is 2.77. The predicted octanol–water partition coefficient (Wildman–Crippen LogP) is 4.05. The molecule has 0 aromatic heterocycles. The van der Waals surface area contributed by atoms with Crippen molar-refractivity contribution < 1.29 is 31.5 Å². The van der Waals surface area contributed by atoms with Gasteiger partial charge in [0.1, 0.15) is 6.67 Å². The number of piperazine rings is 1. The number of alkyl halides is 3. The van der Waals surface area contributed by atoms with E-state index in [1.54, 1.807) is 0 Å². The Hall–Kier alpha value is -1.20. The SMILES string of the molecule is CC(O)CS(=O)(=O)N1CCN(C2(CCC(=O)c3ccc(CF)cc3Cl)CCC(F)(F)CC2)CC1. The molecule has 2 aliphatic rings. The Balaban J connectivity index is 1.72. The Labute approximate surface area is 204 Å². The molecule has 0 bridgehead atoms. The van der Waals surface area contributed by atoms with Crippen LogP contribution in [-0.2, 0) is 16.7 Å². The summed E-state index contributed by atoms with van der Waals surface area (Å²) in [5, 5.41) is 9.65. The minimum atomic E-state index is -3.61. The van der Waals surface area contributed by atoms with Gasteiger partial charge in [-0.15, -0.1) is 0 Å². The number of hydrogen-bond acceptors (Lipinski definition) is 5. The molecule has 0 spiro atoms. The van der Waals surface area contributed by atoms with Crippen molar-refractivity contribution in [2.45, 2.75) is 69.7 Å². The first kappa shape index (κ1) is 27.4. The predicted molar refractivity (Wildman–Crippen MR) is 125 cm³/mol. The smallest absolute Gasteiger partial charge is 0.248 e. The highest BCUT2D eigenvalue weighted by atomic mass is 35.5. The van der Waals surface area contributed by atoms with Crippen molar-refractivity contribution in [2.24, 2.45) is 0 Å². The first-order chi connectivity index (χ1) is 15.9. The van der Waals surface area contributed by atoms with Crippen LogP contribution in [0.25, 0.3) is 0 Å². The summed E-state index contributed by atoms with van der Waals surface area (Å²) in [6, 6.07) is 4.41. The number of halogens is 4. The number of sulfonamides is 1. The Morgan fingerprint density at radius 1 is 1.15 bits per heavy atom. The molecular weight excluding hydrogens is 493 g/mol. The van der Waals surface area contributed by atoms with E-state index in [2.05, 4.69) is 4.90 Å². The first-order valence-electron chi connectivity index (χ1n) is 11.5. The zero-order valence-corrected chi connectivity index (χ0v) is 20.9. The van der Waals surface area contributed by atoms with E-state index >= 15 is 0 Å². The number of carbonyl (C=O) groups is 1. The average molecular weight is 525 g/mol. The fourth-order valence-electron chi connectivity index (χ4n) is 5.01. The zero-order chi connectivity index (χ0) is 25.1. The molecule has 1 atom stereocenters. The quantitative estimate of drug-likeness (QED) is 0.493. The molecule has 1 aromatic carbocycles. The zero-order valence-electron chi connectivity index (χ0n) is 19.3. The largest absolute Gasteiger partial charge is 0.392 e. The number of benzene rings is 1. The Morgan fingerprint density at radius 3 is 2.29 bits per heavy atom. The second-order valence-electron chi connectivity index (χ2n) is 9.46. The number of hydrogen-bond donors (Lipinski definition) is 1. The highest BCUT2D eigenvalue weighted by molar-refractivity contribution is 7.89. The molecule has 6 nitrogen and oxygen atoms in total. The molecule has 0 amide bonds. The Morgan fingerprint density at radius 2 is 1.76 bits per heavy atom. The summed E-state index contributed by atoms with van der Waals surface area (Å²) < 4.78 is 67.1. The molecule has 2 fully saturated rings. The summed E-state index contributed by atoms with van der Waals surface area (Å²) in [7, 11) is -3.61. The molecule has 1 aromatic rings. The maximum atomic E-state index is 14.0. The maximum Gasteiger partial charge on any atom is 0.248 e. The molecule has 0 radical (unpaired) electrons. The van der Waals surface area contributed by atoms with Crippen LogP contribution in [0.2, 0.25) is 5.02 Å². The van der Waals surface area contributed by atoms with Crippen molar-refractivity contribution in [3.8, 4) is 0 Å². The fraction of sp³-hybridized carbons (Fsp3) is 0.696. The summed E-state index contributed by atoms with van der Waals surface area (Å²) in [4.78, 5) is 14.9. The van der Waals surface area contributed by atoms with E-state index in [4.69, 9.17) is 11.6 Å². The number of carbonyl (C=O) groups excluding carboxylic acids is 1. The van der Waals surface area contributed by atoms with Gasteiger partial charge in [-0.25, -0.2) is 21.6 Å². The van der Waals surface area contributed by atoms with Crippen LogP contribution in [0.1, 0.15) is 61.4 Å². The van der Waals surface area contributed by atoms with Crippen LogP contribution in [-0.4, -0.2) is 78.0 Å². The Bertz CT molecular complexity index is 972. The van der Waals surface area contributed by atoms with E-state index in [1.165, 1.54) is 29.4 Å². The third-order valence-electron chi connectivity index (χ3n) is 6.97. The summed E-state index contributed by atoms with van der Waals surface area (Å²) >= 11 is 6.16. The molecule has 1 aliphatic heterocycles. The molecule has 3 rings (SSSR count). The first-order valence-corrected chi connectivity index (χ1v) is 13.5. The molecule has 1 heterocycles. The van der Waals surface area contributed by atoms with Gasteiger partial charge in [0.25, 0.3) is 0 Å². The molecule has 1 saturated heterocycles. The van der Waals surface area contributed by atoms with Crippen LogP contribution < -0.4 is 0 Å². The van der Waals surface area contributed by atoms with Crippen LogP contribution in [0.15, 0.2) is 18.2 Å². The van der Waals surface area contributed by atoms with Crippen molar-refractivity contribution in [3.63, 3.8) is 0 Å². The normalized spacial score (nSPS) is 22.4. The van der Waals surface area contributed by atoms with E-state index in [0.29, 0.717) is 25.1 Å². The van der Waals surface area contributed by atoms with Crippen LogP contribution in [0.4, 0.5) is 13.2 Å². The third-order valence-corrected chi connectivity index (χ3v) is 9.34. The number of nitrogens with zero attached hydrogens (tertiary/aromatic N) is 2. The minimum absolute atomic E-state index is 0.0980. The summed E-state index contributed by atoms with van der Waals surface area (Å²) in [5.41, 5.74) is 0.0168. The van der Waals surface area contributed by atoms with Gasteiger partial charge in [0.15, 0.2) is 5.78 Å². The molecule has 34 heavy (non-hydrogen) atoms. The molecule has 1 unspecified atom stereocenters. The van der Waals surface area contributed by atoms with Gasteiger partial charge in [-0.2, -0.15) is 4.31 Å². The number of aliphatic hydroxyl groups is 1. The fourth-order valence-corrected chi connectivity index (χ4v) is 6.85. The number of aliphatic hydroxyl groups excluding tert-OH is 1. The molecule has 1 aliphatic carbocycles. The highest BCUT2D eigenvalue weighted by Gasteiger charge is 2.47. The second-order valence-corrected chi connectivity index (χ2v) is 11.9. The van der Waals surface area contributed by atoms with E-state index in [-0.39, 0.29) is 67.3 Å². The summed E-state index contributed by atoms with van der Waals surface area (Å²) in [6.07, 6.45) is -0.678. The van der Waals surface area contributed by atoms with Gasteiger partial charge in [-0.05, 0) is 43.9 Å². The molecule has 11 heteroatoms. The molecule has 1 N–H and O–H groups in total. The van der Waals surface area contributed by atoms with Crippen molar-refractivity contribution >= 4 is 27.4 Å². The van der Waals surface area contributed by atoms with Gasteiger partial charge in [-0.1, -0.05) is 17.7 Å². The Kier molecular flexibility index (Phi) is 8.72. The van der Waals surface area contributed by atoms with Gasteiger partial charge in [0.05, 0.1) is 16.9 Å². The van der Waals surface area contributed by atoms with Crippen molar-refractivity contribution in [3.05, 3.63) is 34.3 Å². The molecular formula is C23H32ClF3N2O4S. The van der Waals surface area contributed by atoms with Crippen LogP contribution in [0.5, 0.6) is 0 Å². The van der Waals surface area contributed by atoms with E-state index in [1.807, 2.05) is 0 Å². The third kappa shape index (κ3) is 6.51. The van der Waals surface area contributed by atoms with Crippen molar-refractivity contribution in [2.75, 3.05) is 31.9 Å². The van der Waals surface area contributed by atoms with Gasteiger partial charge in [0, 0.05) is 56.5 Å². The van der Waals surface area contributed by atoms with E-state index < -0.39 is 34.3 Å². The lowest BCUT2D eigenvalue weighted by molar-refractivity contribution is -0.0891. The van der Waals surface area contributed by atoms with Crippen molar-refractivity contribution in [1.29, 1.82) is 0 Å². The summed E-state index contributed by atoms with van der Waals surface area (Å²) in [6.45, 7) is 1.87. The van der Waals surface area contributed by atoms with Crippen molar-refractivity contribution in [1.82, 2.24) is 9.21 Å². The number of ketones is 1. The minimum Gasteiger partial charge on any atom is -0.392 e. The van der Waals surface area contributed by atoms with Crippen LogP contribution >= 0.6 is 11.6 Å². The second kappa shape index (κ2) is 10.8. The van der Waals surface area contributed by atoms with E-state index in [9.17, 15) is 31.5 Å². The highest BCUT2D eigenvalue weighted by Crippen LogP contribution is 2.44. The van der Waals surface area contributed by atoms with Crippen LogP contribution in [0, 0.1) is 0 Å². The maximum absolute atomic E-state index is 14.0. The van der Waals surface area contributed by atoms with Gasteiger partial charge >= 0.3 is 0 Å². The van der Waals surface area contributed by atoms with Gasteiger partial charge < -0.3 is 5.11 Å². The standard InChI is InChI=1S/C23H32ClF3N2O4S/c1-17(30)16-34(32,33)29-12-10-28(11-13-29)22(6-8-23(26,27)9-7-22)5-4-21(31)19-3-2-18(15-25)14-20(19)24/h2-3,14,17,30H,4-13,15-16H2,1H3. The van der Waals surface area contributed by atoms with Gasteiger partial charge in [-0.3, -0.25) is 9.69 Å². The lowest BCUT2D eigenvalue weighted by Gasteiger charge is -2.51. The number of rotatable bonds is 9. The summed E-state index contributed by atoms with van der Waals surface area (Å²) in [5.74, 6) is -3.34. The monoisotopic (exact) mass is 524 g/mol. The topological polar surface area (TPSA) is 77.9 Å². The van der Waals surface area contributed by atoms with Crippen LogP contribution in [0.3, 0.4) is 0 Å². The van der Waals surface area contributed by atoms with E-state index in [0.717, 1.165) is 0 Å². The lowest BCUT2D eigenvalue weighted by Crippen LogP contribution is -2.60. The lowest BCUT2D eigenvalue weighted by atomic mass is 9.74. The molecule has 192 valence electrons.